The number of aliphatic hydroxyl groups is 1. The Balaban J connectivity index is 2.82. The third-order valence-corrected chi connectivity index (χ3v) is 2.58. The molecule has 0 aliphatic rings. The summed E-state index contributed by atoms with van der Waals surface area (Å²) in [6.45, 7) is 2.03. The zero-order valence-corrected chi connectivity index (χ0v) is 11.3. The van der Waals surface area contributed by atoms with Crippen molar-refractivity contribution in [3.05, 3.63) is 16.3 Å². The molecule has 1 unspecified atom stereocenters. The largest absolute Gasteiger partial charge is 0.388 e. The fraction of sp³-hybridized carbons (Fsp3) is 0.600. The zero-order valence-electron chi connectivity index (χ0n) is 11.3. The smallest absolute Gasteiger partial charge is 0.329 e. The van der Waals surface area contributed by atoms with Crippen molar-refractivity contribution < 1.29 is 14.8 Å². The van der Waals surface area contributed by atoms with E-state index in [9.17, 15) is 15.2 Å². The van der Waals surface area contributed by atoms with Gasteiger partial charge in [-0.2, -0.15) is 4.98 Å². The molecule has 0 aromatic carbocycles. The molecule has 0 saturated heterocycles. The lowest BCUT2D eigenvalue weighted by atomic mass is 10.0. The lowest BCUT2D eigenvalue weighted by molar-refractivity contribution is -0.384. The van der Waals surface area contributed by atoms with Crippen LogP contribution in [0.2, 0.25) is 0 Å². The molecule has 1 aromatic heterocycles. The van der Waals surface area contributed by atoms with Crippen molar-refractivity contribution in [1.29, 1.82) is 0 Å². The van der Waals surface area contributed by atoms with E-state index in [1.54, 1.807) is 6.92 Å². The SMILES string of the molecule is COCCC(C)(O)CNc1nc(NN)ncc1[N+](=O)[O-]. The molecule has 1 aromatic rings. The van der Waals surface area contributed by atoms with Crippen molar-refractivity contribution >= 4 is 17.5 Å². The molecule has 0 radical (unpaired) electrons. The fourth-order valence-electron chi connectivity index (χ4n) is 1.39. The number of nitrogens with two attached hydrogens (primary N) is 1. The number of ether oxygens (including phenoxy) is 1. The zero-order chi connectivity index (χ0) is 15.2. The number of nitrogens with one attached hydrogen (secondary N) is 2. The van der Waals surface area contributed by atoms with Gasteiger partial charge in [0.25, 0.3) is 0 Å². The highest BCUT2D eigenvalue weighted by atomic mass is 16.6. The van der Waals surface area contributed by atoms with Gasteiger partial charge >= 0.3 is 5.69 Å². The molecule has 10 nitrogen and oxygen atoms in total. The predicted octanol–water partition coefficient (Wildman–Crippen LogP) is -0.130. The van der Waals surface area contributed by atoms with Gasteiger partial charge in [0.15, 0.2) is 0 Å². The molecular weight excluding hydrogens is 268 g/mol. The first kappa shape index (κ1) is 16.0. The number of rotatable bonds is 8. The molecule has 0 amide bonds. The summed E-state index contributed by atoms with van der Waals surface area (Å²) in [6, 6.07) is 0. The van der Waals surface area contributed by atoms with Crippen molar-refractivity contribution in [3.63, 3.8) is 0 Å². The van der Waals surface area contributed by atoms with Crippen LogP contribution in [0.3, 0.4) is 0 Å². The Labute approximate surface area is 115 Å². The van der Waals surface area contributed by atoms with Crippen LogP contribution in [0.1, 0.15) is 13.3 Å². The van der Waals surface area contributed by atoms with Crippen LogP contribution in [0, 0.1) is 10.1 Å². The van der Waals surface area contributed by atoms with Gasteiger partial charge in [0, 0.05) is 26.7 Å². The highest BCUT2D eigenvalue weighted by Gasteiger charge is 2.23. The Morgan fingerprint density at radius 2 is 2.35 bits per heavy atom. The molecule has 5 N–H and O–H groups in total. The van der Waals surface area contributed by atoms with E-state index in [4.69, 9.17) is 10.6 Å². The van der Waals surface area contributed by atoms with Gasteiger partial charge in [-0.3, -0.25) is 15.5 Å². The van der Waals surface area contributed by atoms with Gasteiger partial charge in [-0.15, -0.1) is 0 Å². The molecular formula is C10H18N6O4. The van der Waals surface area contributed by atoms with E-state index in [0.717, 1.165) is 6.20 Å². The van der Waals surface area contributed by atoms with Crippen LogP contribution in [-0.4, -0.2) is 45.9 Å². The summed E-state index contributed by atoms with van der Waals surface area (Å²) in [5.74, 6) is 5.17. The Kier molecular flexibility index (Phi) is 5.55. The van der Waals surface area contributed by atoms with E-state index >= 15 is 0 Å². The maximum Gasteiger partial charge on any atom is 0.329 e. The van der Waals surface area contributed by atoms with Gasteiger partial charge in [-0.05, 0) is 6.92 Å². The summed E-state index contributed by atoms with van der Waals surface area (Å²) in [5.41, 5.74) is 0.806. The average molecular weight is 286 g/mol. The lowest BCUT2D eigenvalue weighted by Crippen LogP contribution is -2.35. The molecule has 0 aliphatic carbocycles. The monoisotopic (exact) mass is 286 g/mol. The fourth-order valence-corrected chi connectivity index (χ4v) is 1.39. The minimum Gasteiger partial charge on any atom is -0.388 e. The van der Waals surface area contributed by atoms with Crippen LogP contribution in [0.25, 0.3) is 0 Å². The molecule has 10 heteroatoms. The summed E-state index contributed by atoms with van der Waals surface area (Å²) in [5, 5.41) is 23.7. The molecule has 1 atom stereocenters. The number of nitro groups is 1. The Morgan fingerprint density at radius 1 is 1.65 bits per heavy atom. The van der Waals surface area contributed by atoms with Crippen molar-refractivity contribution in [2.75, 3.05) is 31.0 Å². The molecule has 112 valence electrons. The number of hydrogen-bond acceptors (Lipinski definition) is 9. The summed E-state index contributed by atoms with van der Waals surface area (Å²) in [7, 11) is 1.53. The highest BCUT2D eigenvalue weighted by molar-refractivity contribution is 5.56. The van der Waals surface area contributed by atoms with Crippen LogP contribution in [0.5, 0.6) is 0 Å². The van der Waals surface area contributed by atoms with Crippen LogP contribution < -0.4 is 16.6 Å². The van der Waals surface area contributed by atoms with Gasteiger partial charge < -0.3 is 15.2 Å². The molecule has 0 fully saturated rings. The van der Waals surface area contributed by atoms with Gasteiger partial charge in [-0.1, -0.05) is 0 Å². The van der Waals surface area contributed by atoms with E-state index in [-0.39, 0.29) is 24.0 Å². The number of methoxy groups -OCH3 is 1. The molecule has 1 rings (SSSR count). The molecule has 20 heavy (non-hydrogen) atoms. The quantitative estimate of drug-likeness (QED) is 0.291. The summed E-state index contributed by atoms with van der Waals surface area (Å²) >= 11 is 0. The lowest BCUT2D eigenvalue weighted by Gasteiger charge is -2.23. The van der Waals surface area contributed by atoms with E-state index in [2.05, 4.69) is 20.7 Å². The maximum absolute atomic E-state index is 10.9. The first-order valence-electron chi connectivity index (χ1n) is 5.83. The summed E-state index contributed by atoms with van der Waals surface area (Å²) < 4.78 is 4.88. The first-order chi connectivity index (χ1) is 9.39. The Hall–Kier alpha value is -2.04. The molecule has 0 bridgehead atoms. The van der Waals surface area contributed by atoms with Crippen molar-refractivity contribution in [2.24, 2.45) is 5.84 Å². The van der Waals surface area contributed by atoms with Crippen molar-refractivity contribution in [1.82, 2.24) is 9.97 Å². The number of hydrogen-bond donors (Lipinski definition) is 4. The van der Waals surface area contributed by atoms with Gasteiger partial charge in [0.05, 0.1) is 10.5 Å². The van der Waals surface area contributed by atoms with Crippen LogP contribution in [-0.2, 0) is 4.74 Å². The van der Waals surface area contributed by atoms with E-state index in [1.807, 2.05) is 0 Å². The van der Waals surface area contributed by atoms with E-state index < -0.39 is 10.5 Å². The topological polar surface area (TPSA) is 148 Å². The normalized spacial score (nSPS) is 13.6. The minimum absolute atomic E-state index is 0.0179. The Bertz CT molecular complexity index is 467. The van der Waals surface area contributed by atoms with E-state index in [0.29, 0.717) is 13.0 Å². The second-order valence-corrected chi connectivity index (χ2v) is 4.42. The summed E-state index contributed by atoms with van der Waals surface area (Å²) in [6.07, 6.45) is 1.41. The highest BCUT2D eigenvalue weighted by Crippen LogP contribution is 2.22. The third-order valence-electron chi connectivity index (χ3n) is 2.58. The second kappa shape index (κ2) is 6.93. The third kappa shape index (κ3) is 4.57. The number of aromatic nitrogens is 2. The number of nitrogen functional groups attached to an aromatic ring is 1. The van der Waals surface area contributed by atoms with Gasteiger partial charge in [-0.25, -0.2) is 10.8 Å². The number of hydrazine groups is 1. The van der Waals surface area contributed by atoms with Gasteiger partial charge in [0.1, 0.15) is 6.20 Å². The number of anilines is 2. The standard InChI is InChI=1S/C10H18N6O4/c1-10(17,3-4-20-2)6-13-8-7(16(18)19)5-12-9(14-8)15-11/h5,17H,3-4,6,11H2,1-2H3,(H2,12,13,14,15). The number of nitrogens with zero attached hydrogens (tertiary/aromatic N) is 3. The van der Waals surface area contributed by atoms with Crippen molar-refractivity contribution in [3.8, 4) is 0 Å². The average Bonchev–Trinajstić information content (AvgIpc) is 2.42. The van der Waals surface area contributed by atoms with Crippen LogP contribution in [0.4, 0.5) is 17.5 Å². The molecule has 1 heterocycles. The van der Waals surface area contributed by atoms with E-state index in [1.165, 1.54) is 7.11 Å². The van der Waals surface area contributed by atoms with Gasteiger partial charge in [0.2, 0.25) is 11.8 Å². The van der Waals surface area contributed by atoms with Crippen LogP contribution >= 0.6 is 0 Å². The Morgan fingerprint density at radius 3 is 2.90 bits per heavy atom. The maximum atomic E-state index is 10.9. The summed E-state index contributed by atoms with van der Waals surface area (Å²) in [4.78, 5) is 17.8. The molecule has 0 spiro atoms. The first-order valence-corrected chi connectivity index (χ1v) is 5.83. The molecule has 0 aliphatic heterocycles. The second-order valence-electron chi connectivity index (χ2n) is 4.42. The van der Waals surface area contributed by atoms with Crippen molar-refractivity contribution in [2.45, 2.75) is 18.9 Å². The predicted molar refractivity (Wildman–Crippen MR) is 72.1 cm³/mol. The minimum atomic E-state index is -1.09. The van der Waals surface area contributed by atoms with Crippen LogP contribution in [0.15, 0.2) is 6.20 Å². The molecule has 0 saturated carbocycles.